The van der Waals surface area contributed by atoms with E-state index in [-0.39, 0.29) is 24.5 Å². The molecule has 1 aromatic carbocycles. The van der Waals surface area contributed by atoms with Crippen LogP contribution >= 0.6 is 0 Å². The van der Waals surface area contributed by atoms with Crippen molar-refractivity contribution in [2.75, 3.05) is 12.4 Å². The van der Waals surface area contributed by atoms with Crippen LogP contribution in [-0.4, -0.2) is 25.7 Å². The van der Waals surface area contributed by atoms with E-state index in [4.69, 9.17) is 9.88 Å². The van der Waals surface area contributed by atoms with Crippen LogP contribution in [0.2, 0.25) is 0 Å². The van der Waals surface area contributed by atoms with Crippen molar-refractivity contribution in [3.8, 4) is 5.75 Å². The normalized spacial score (nSPS) is 11.2. The van der Waals surface area contributed by atoms with Crippen molar-refractivity contribution in [2.24, 2.45) is 5.14 Å². The minimum atomic E-state index is -3.50. The number of sulfonamides is 1. The molecule has 0 atom stereocenters. The zero-order chi connectivity index (χ0) is 13.8. The molecule has 2 N–H and O–H groups in total. The third kappa shape index (κ3) is 4.68. The molecule has 8 heteroatoms. The Hall–Kier alpha value is -1.67. The summed E-state index contributed by atoms with van der Waals surface area (Å²) < 4.78 is 26.7. The first-order valence-electron chi connectivity index (χ1n) is 5.18. The predicted octanol–water partition coefficient (Wildman–Crippen LogP) is 0.961. The Kier molecular flexibility index (Phi) is 4.62. The number of nitrogens with two attached hydrogens (primary N) is 1. The number of ether oxygens (including phenoxy) is 1. The van der Waals surface area contributed by atoms with E-state index in [0.29, 0.717) is 5.75 Å². The number of nitro benzene ring substituents is 1. The minimum absolute atomic E-state index is 0.0675. The number of benzene rings is 1. The van der Waals surface area contributed by atoms with Gasteiger partial charge in [-0.3, -0.25) is 10.1 Å². The molecule has 100 valence electrons. The van der Waals surface area contributed by atoms with Gasteiger partial charge >= 0.3 is 0 Å². The van der Waals surface area contributed by atoms with Crippen LogP contribution in [0.4, 0.5) is 5.69 Å². The Labute approximate surface area is 105 Å². The smallest absolute Gasteiger partial charge is 0.273 e. The molecule has 1 aromatic rings. The van der Waals surface area contributed by atoms with Crippen LogP contribution in [0.1, 0.15) is 12.0 Å². The van der Waals surface area contributed by atoms with E-state index < -0.39 is 14.9 Å². The van der Waals surface area contributed by atoms with Gasteiger partial charge in [-0.25, -0.2) is 13.6 Å². The van der Waals surface area contributed by atoms with Gasteiger partial charge in [0.2, 0.25) is 10.0 Å². The van der Waals surface area contributed by atoms with Gasteiger partial charge in [0.1, 0.15) is 5.75 Å². The number of nitrogens with zero attached hydrogens (tertiary/aromatic N) is 1. The molecule has 0 spiro atoms. The van der Waals surface area contributed by atoms with Crippen LogP contribution in [0.5, 0.6) is 5.75 Å². The van der Waals surface area contributed by atoms with Crippen LogP contribution in [-0.2, 0) is 10.0 Å². The highest BCUT2D eigenvalue weighted by molar-refractivity contribution is 7.89. The Morgan fingerprint density at radius 3 is 2.67 bits per heavy atom. The Bertz CT molecular complexity index is 541. The van der Waals surface area contributed by atoms with Crippen LogP contribution in [0.3, 0.4) is 0 Å². The summed E-state index contributed by atoms with van der Waals surface area (Å²) in [7, 11) is -3.50. The Morgan fingerprint density at radius 2 is 2.11 bits per heavy atom. The fourth-order valence-electron chi connectivity index (χ4n) is 1.30. The van der Waals surface area contributed by atoms with Crippen molar-refractivity contribution in [3.63, 3.8) is 0 Å². The Morgan fingerprint density at radius 1 is 1.44 bits per heavy atom. The topological polar surface area (TPSA) is 113 Å². The van der Waals surface area contributed by atoms with E-state index in [9.17, 15) is 18.5 Å². The molecule has 0 bridgehead atoms. The lowest BCUT2D eigenvalue weighted by molar-refractivity contribution is -0.384. The Balaban J connectivity index is 2.61. The van der Waals surface area contributed by atoms with Crippen molar-refractivity contribution in [1.29, 1.82) is 0 Å². The zero-order valence-electron chi connectivity index (χ0n) is 9.83. The van der Waals surface area contributed by atoms with Crippen LogP contribution in [0.15, 0.2) is 18.2 Å². The number of hydrogen-bond donors (Lipinski definition) is 1. The van der Waals surface area contributed by atoms with E-state index >= 15 is 0 Å². The molecule has 0 aromatic heterocycles. The summed E-state index contributed by atoms with van der Waals surface area (Å²) in [5.74, 6) is 0.194. The highest BCUT2D eigenvalue weighted by Gasteiger charge is 2.10. The minimum Gasteiger partial charge on any atom is -0.493 e. The van der Waals surface area contributed by atoms with E-state index in [1.807, 2.05) is 0 Å². The summed E-state index contributed by atoms with van der Waals surface area (Å²) in [5.41, 5.74) is 0.679. The maximum atomic E-state index is 10.7. The monoisotopic (exact) mass is 274 g/mol. The zero-order valence-corrected chi connectivity index (χ0v) is 10.6. The lowest BCUT2D eigenvalue weighted by Crippen LogP contribution is -2.18. The molecule has 0 saturated carbocycles. The molecule has 0 aliphatic carbocycles. The second-order valence-corrected chi connectivity index (χ2v) is 5.51. The van der Waals surface area contributed by atoms with Crippen LogP contribution in [0.25, 0.3) is 0 Å². The first kappa shape index (κ1) is 14.4. The van der Waals surface area contributed by atoms with Crippen LogP contribution in [0, 0.1) is 17.0 Å². The van der Waals surface area contributed by atoms with Gasteiger partial charge in [-0.1, -0.05) is 0 Å². The molecular formula is C10H14N2O5S. The third-order valence-corrected chi connectivity index (χ3v) is 3.07. The molecule has 1 rings (SSSR count). The number of non-ortho nitro benzene ring substituents is 1. The molecule has 0 saturated heterocycles. The SMILES string of the molecule is Cc1ccc([N+](=O)[O-])cc1OCCCS(N)(=O)=O. The van der Waals surface area contributed by atoms with Gasteiger partial charge in [0.15, 0.2) is 0 Å². The van der Waals surface area contributed by atoms with Crippen molar-refractivity contribution in [1.82, 2.24) is 0 Å². The summed E-state index contributed by atoms with van der Waals surface area (Å²) in [5, 5.41) is 15.4. The fourth-order valence-corrected chi connectivity index (χ4v) is 1.82. The quantitative estimate of drug-likeness (QED) is 0.471. The van der Waals surface area contributed by atoms with E-state index in [1.165, 1.54) is 12.1 Å². The second-order valence-electron chi connectivity index (χ2n) is 3.78. The predicted molar refractivity (Wildman–Crippen MR) is 65.9 cm³/mol. The summed E-state index contributed by atoms with van der Waals surface area (Å²) >= 11 is 0. The van der Waals surface area contributed by atoms with Gasteiger partial charge in [0.25, 0.3) is 5.69 Å². The number of aryl methyl sites for hydroxylation is 1. The van der Waals surface area contributed by atoms with Crippen molar-refractivity contribution in [3.05, 3.63) is 33.9 Å². The number of rotatable bonds is 6. The largest absolute Gasteiger partial charge is 0.493 e. The standard InChI is InChI=1S/C10H14N2O5S/c1-8-3-4-9(12(13)14)7-10(8)17-5-2-6-18(11,15)16/h3-4,7H,2,5-6H2,1H3,(H2,11,15,16). The molecule has 0 radical (unpaired) electrons. The average molecular weight is 274 g/mol. The van der Waals surface area contributed by atoms with Crippen molar-refractivity contribution < 1.29 is 18.1 Å². The third-order valence-electron chi connectivity index (χ3n) is 2.21. The first-order valence-corrected chi connectivity index (χ1v) is 6.89. The molecule has 0 fully saturated rings. The van der Waals surface area contributed by atoms with Crippen molar-refractivity contribution in [2.45, 2.75) is 13.3 Å². The van der Waals surface area contributed by atoms with Gasteiger partial charge < -0.3 is 4.74 Å². The number of hydrogen-bond acceptors (Lipinski definition) is 5. The summed E-state index contributed by atoms with van der Waals surface area (Å²) in [6.45, 7) is 1.89. The lowest BCUT2D eigenvalue weighted by atomic mass is 10.2. The molecule has 0 amide bonds. The number of primary sulfonamides is 1. The van der Waals surface area contributed by atoms with Crippen LogP contribution < -0.4 is 9.88 Å². The molecule has 0 aliphatic rings. The van der Waals surface area contributed by atoms with Gasteiger partial charge in [-0.15, -0.1) is 0 Å². The average Bonchev–Trinajstić information content (AvgIpc) is 2.24. The molecule has 0 heterocycles. The van der Waals surface area contributed by atoms with Gasteiger partial charge in [0.05, 0.1) is 23.3 Å². The first-order chi connectivity index (χ1) is 8.29. The van der Waals surface area contributed by atoms with Gasteiger partial charge in [-0.05, 0) is 25.0 Å². The van der Waals surface area contributed by atoms with E-state index in [0.717, 1.165) is 5.56 Å². The fraction of sp³-hybridized carbons (Fsp3) is 0.400. The van der Waals surface area contributed by atoms with Gasteiger partial charge in [-0.2, -0.15) is 0 Å². The maximum Gasteiger partial charge on any atom is 0.273 e. The highest BCUT2D eigenvalue weighted by Crippen LogP contribution is 2.24. The van der Waals surface area contributed by atoms with E-state index in [1.54, 1.807) is 13.0 Å². The summed E-state index contributed by atoms with van der Waals surface area (Å²) in [4.78, 5) is 10.1. The summed E-state index contributed by atoms with van der Waals surface area (Å²) in [6, 6.07) is 4.27. The summed E-state index contributed by atoms with van der Waals surface area (Å²) in [6.07, 6.45) is 0.237. The van der Waals surface area contributed by atoms with Crippen molar-refractivity contribution >= 4 is 15.7 Å². The number of nitro groups is 1. The molecule has 18 heavy (non-hydrogen) atoms. The highest BCUT2D eigenvalue weighted by atomic mass is 32.2. The van der Waals surface area contributed by atoms with Gasteiger partial charge in [0, 0.05) is 6.07 Å². The maximum absolute atomic E-state index is 10.7. The lowest BCUT2D eigenvalue weighted by Gasteiger charge is -2.08. The molecule has 0 unspecified atom stereocenters. The van der Waals surface area contributed by atoms with E-state index in [2.05, 4.69) is 0 Å². The second kappa shape index (κ2) is 5.78. The molecule has 7 nitrogen and oxygen atoms in total. The molecule has 0 aliphatic heterocycles. The molecular weight excluding hydrogens is 260 g/mol.